The number of hydrogen-bond donors (Lipinski definition) is 3. The summed E-state index contributed by atoms with van der Waals surface area (Å²) >= 11 is 0. The van der Waals surface area contributed by atoms with Gasteiger partial charge in [0.2, 0.25) is 0 Å². The topological polar surface area (TPSA) is 105 Å². The van der Waals surface area contributed by atoms with Gasteiger partial charge in [0.05, 0.1) is 7.11 Å². The van der Waals surface area contributed by atoms with Gasteiger partial charge in [-0.3, -0.25) is 4.79 Å². The second-order valence-corrected chi connectivity index (χ2v) is 6.46. The van der Waals surface area contributed by atoms with Crippen molar-refractivity contribution in [3.8, 4) is 5.75 Å². The summed E-state index contributed by atoms with van der Waals surface area (Å²) in [6, 6.07) is 15.2. The number of nitrogens with one attached hydrogen (secondary N) is 2. The van der Waals surface area contributed by atoms with Crippen LogP contribution in [0.4, 0.5) is 0 Å². The molecule has 0 aliphatic heterocycles. The quantitative estimate of drug-likeness (QED) is 0.477. The first-order valence-corrected chi connectivity index (χ1v) is 8.71. The monoisotopic (exact) mass is 378 g/mol. The van der Waals surface area contributed by atoms with Crippen molar-refractivity contribution in [2.75, 3.05) is 7.11 Å². The molecular weight excluding hydrogens is 360 g/mol. The van der Waals surface area contributed by atoms with E-state index in [1.54, 1.807) is 31.4 Å². The van der Waals surface area contributed by atoms with Crippen molar-refractivity contribution >= 4 is 33.7 Å². The van der Waals surface area contributed by atoms with Crippen LogP contribution in [-0.2, 0) is 11.2 Å². The van der Waals surface area contributed by atoms with Crippen LogP contribution in [0, 0.1) is 0 Å². The molecule has 1 atom stereocenters. The molecule has 0 aliphatic carbocycles. The van der Waals surface area contributed by atoms with Crippen LogP contribution in [0.15, 0.2) is 59.0 Å². The van der Waals surface area contributed by atoms with Crippen LogP contribution in [0.25, 0.3) is 21.9 Å². The molecule has 142 valence electrons. The Balaban J connectivity index is 1.54. The lowest BCUT2D eigenvalue weighted by molar-refractivity contribution is -0.139. The molecule has 0 fully saturated rings. The zero-order valence-electron chi connectivity index (χ0n) is 15.1. The van der Waals surface area contributed by atoms with Gasteiger partial charge < -0.3 is 24.6 Å². The summed E-state index contributed by atoms with van der Waals surface area (Å²) < 4.78 is 10.7. The molecule has 4 aromatic rings. The van der Waals surface area contributed by atoms with Crippen LogP contribution in [-0.4, -0.2) is 35.1 Å². The molecule has 7 nitrogen and oxygen atoms in total. The highest BCUT2D eigenvalue weighted by Gasteiger charge is 2.24. The van der Waals surface area contributed by atoms with Gasteiger partial charge in [0, 0.05) is 23.0 Å². The summed E-state index contributed by atoms with van der Waals surface area (Å²) in [4.78, 5) is 27.4. The van der Waals surface area contributed by atoms with Crippen LogP contribution in [0.3, 0.4) is 0 Å². The molecule has 7 heteroatoms. The van der Waals surface area contributed by atoms with Gasteiger partial charge in [-0.1, -0.05) is 18.2 Å². The normalized spacial score (nSPS) is 12.2. The summed E-state index contributed by atoms with van der Waals surface area (Å²) in [7, 11) is 1.55. The minimum Gasteiger partial charge on any atom is -0.497 e. The molecular formula is C21H18N2O5. The summed E-state index contributed by atoms with van der Waals surface area (Å²) in [6.45, 7) is 0. The number of hydrogen-bond acceptors (Lipinski definition) is 4. The number of furan rings is 1. The van der Waals surface area contributed by atoms with Crippen molar-refractivity contribution in [3.05, 3.63) is 66.1 Å². The van der Waals surface area contributed by atoms with Gasteiger partial charge in [-0.25, -0.2) is 4.79 Å². The highest BCUT2D eigenvalue weighted by molar-refractivity contribution is 5.98. The van der Waals surface area contributed by atoms with E-state index in [1.165, 1.54) is 0 Å². The molecule has 0 spiro atoms. The van der Waals surface area contributed by atoms with Gasteiger partial charge in [0.1, 0.15) is 17.4 Å². The lowest BCUT2D eigenvalue weighted by Crippen LogP contribution is -2.42. The Morgan fingerprint density at radius 1 is 1.14 bits per heavy atom. The molecule has 0 aliphatic rings. The number of ether oxygens (including phenoxy) is 1. The van der Waals surface area contributed by atoms with E-state index in [0.717, 1.165) is 16.6 Å². The molecule has 4 rings (SSSR count). The number of carbonyl (C=O) groups is 2. The van der Waals surface area contributed by atoms with Gasteiger partial charge in [-0.15, -0.1) is 0 Å². The van der Waals surface area contributed by atoms with E-state index in [4.69, 9.17) is 9.15 Å². The lowest BCUT2D eigenvalue weighted by atomic mass is 10.1. The van der Waals surface area contributed by atoms with Crippen LogP contribution in [0.2, 0.25) is 0 Å². The maximum absolute atomic E-state index is 12.5. The average molecular weight is 378 g/mol. The third-order valence-corrected chi connectivity index (χ3v) is 4.56. The van der Waals surface area contributed by atoms with Crippen LogP contribution < -0.4 is 10.1 Å². The zero-order chi connectivity index (χ0) is 19.7. The SMILES string of the molecule is COc1ccc2oc(C(=O)NC(Cc3cc4ccccc4[nH]3)C(=O)O)cc2c1. The number of methoxy groups -OCH3 is 1. The van der Waals surface area contributed by atoms with Gasteiger partial charge in [0.15, 0.2) is 5.76 Å². The maximum atomic E-state index is 12.5. The van der Waals surface area contributed by atoms with Gasteiger partial charge in [-0.2, -0.15) is 0 Å². The molecule has 0 bridgehead atoms. The van der Waals surface area contributed by atoms with Gasteiger partial charge in [0.25, 0.3) is 5.91 Å². The first-order chi connectivity index (χ1) is 13.5. The number of amides is 1. The summed E-state index contributed by atoms with van der Waals surface area (Å²) in [5.41, 5.74) is 2.16. The number of carboxylic acids is 1. The fourth-order valence-corrected chi connectivity index (χ4v) is 3.15. The maximum Gasteiger partial charge on any atom is 0.326 e. The van der Waals surface area contributed by atoms with Crippen LogP contribution >= 0.6 is 0 Å². The summed E-state index contributed by atoms with van der Waals surface area (Å²) in [5.74, 6) is -1.02. The molecule has 2 aromatic heterocycles. The smallest absolute Gasteiger partial charge is 0.326 e. The number of rotatable bonds is 6. The minimum absolute atomic E-state index is 0.0474. The molecule has 0 saturated carbocycles. The Morgan fingerprint density at radius 2 is 1.96 bits per heavy atom. The van der Waals surface area contributed by atoms with E-state index < -0.39 is 17.9 Å². The predicted octanol–water partition coefficient (Wildman–Crippen LogP) is 3.35. The van der Waals surface area contributed by atoms with Crippen molar-refractivity contribution in [1.29, 1.82) is 0 Å². The number of carbonyl (C=O) groups excluding carboxylic acids is 1. The van der Waals surface area contributed by atoms with E-state index in [-0.39, 0.29) is 12.2 Å². The Labute approximate surface area is 159 Å². The van der Waals surface area contributed by atoms with E-state index in [2.05, 4.69) is 10.3 Å². The molecule has 0 radical (unpaired) electrons. The van der Waals surface area contributed by atoms with Gasteiger partial charge >= 0.3 is 5.97 Å². The molecule has 2 aromatic carbocycles. The van der Waals surface area contributed by atoms with Crippen molar-refractivity contribution in [3.63, 3.8) is 0 Å². The van der Waals surface area contributed by atoms with Crippen molar-refractivity contribution in [2.45, 2.75) is 12.5 Å². The van der Waals surface area contributed by atoms with E-state index >= 15 is 0 Å². The second-order valence-electron chi connectivity index (χ2n) is 6.46. The number of aliphatic carboxylic acids is 1. The standard InChI is InChI=1S/C21H18N2O5/c1-27-15-6-7-18-13(9-15)10-19(28-18)20(24)23-17(21(25)26)11-14-8-12-4-2-3-5-16(12)22-14/h2-10,17,22H,11H2,1H3,(H,23,24)(H,25,26). The molecule has 3 N–H and O–H groups in total. The predicted molar refractivity (Wildman–Crippen MR) is 104 cm³/mol. The fourth-order valence-electron chi connectivity index (χ4n) is 3.15. The van der Waals surface area contributed by atoms with E-state index in [9.17, 15) is 14.7 Å². The number of benzene rings is 2. The Morgan fingerprint density at radius 3 is 2.71 bits per heavy atom. The van der Waals surface area contributed by atoms with Crippen LogP contribution in [0.5, 0.6) is 5.75 Å². The van der Waals surface area contributed by atoms with Crippen molar-refractivity contribution in [2.24, 2.45) is 0 Å². The minimum atomic E-state index is -1.12. The highest BCUT2D eigenvalue weighted by atomic mass is 16.5. The molecule has 0 saturated heterocycles. The van der Waals surface area contributed by atoms with Crippen molar-refractivity contribution < 1.29 is 23.8 Å². The number of aromatic nitrogens is 1. The third kappa shape index (κ3) is 3.42. The average Bonchev–Trinajstić information content (AvgIpc) is 3.29. The summed E-state index contributed by atoms with van der Waals surface area (Å²) in [5, 5.41) is 13.8. The number of fused-ring (bicyclic) bond motifs is 2. The number of carboxylic acid groups (broad SMARTS) is 1. The van der Waals surface area contributed by atoms with E-state index in [1.807, 2.05) is 30.3 Å². The molecule has 1 amide bonds. The first kappa shape index (κ1) is 17.7. The number of para-hydroxylation sites is 1. The molecule has 28 heavy (non-hydrogen) atoms. The third-order valence-electron chi connectivity index (χ3n) is 4.56. The Kier molecular flexibility index (Phi) is 4.49. The Hall–Kier alpha value is -3.74. The first-order valence-electron chi connectivity index (χ1n) is 8.71. The molecule has 2 heterocycles. The second kappa shape index (κ2) is 7.11. The fraction of sp³-hybridized carbons (Fsp3) is 0.143. The van der Waals surface area contributed by atoms with Crippen molar-refractivity contribution in [1.82, 2.24) is 10.3 Å². The highest BCUT2D eigenvalue weighted by Crippen LogP contribution is 2.24. The van der Waals surface area contributed by atoms with Crippen LogP contribution in [0.1, 0.15) is 16.2 Å². The lowest BCUT2D eigenvalue weighted by Gasteiger charge is -2.12. The number of aromatic amines is 1. The van der Waals surface area contributed by atoms with Gasteiger partial charge in [-0.05, 0) is 41.8 Å². The largest absolute Gasteiger partial charge is 0.497 e. The summed E-state index contributed by atoms with van der Waals surface area (Å²) in [6.07, 6.45) is 0.129. The zero-order valence-corrected chi connectivity index (χ0v) is 15.1. The molecule has 1 unspecified atom stereocenters. The Bertz CT molecular complexity index is 1140. The number of H-pyrrole nitrogens is 1. The van der Waals surface area contributed by atoms with E-state index in [0.29, 0.717) is 16.7 Å².